The number of unbranched alkanes of at least 4 members (excludes halogenated alkanes) is 5. The zero-order valence-electron chi connectivity index (χ0n) is 25.4. The highest BCUT2D eigenvalue weighted by molar-refractivity contribution is 5.94. The molecular formula is C33H48N4O4. The van der Waals surface area contributed by atoms with Gasteiger partial charge in [0.05, 0.1) is 6.04 Å². The van der Waals surface area contributed by atoms with Gasteiger partial charge in [-0.25, -0.2) is 5.43 Å². The van der Waals surface area contributed by atoms with Gasteiger partial charge in [0, 0.05) is 30.6 Å². The number of hydrogen-bond donors (Lipinski definition) is 4. The van der Waals surface area contributed by atoms with E-state index in [0.29, 0.717) is 18.4 Å². The lowest BCUT2D eigenvalue weighted by atomic mass is 9.84. The van der Waals surface area contributed by atoms with Crippen LogP contribution in [0, 0.1) is 5.41 Å². The third-order valence-corrected chi connectivity index (χ3v) is 6.86. The van der Waals surface area contributed by atoms with Crippen molar-refractivity contribution in [3.05, 3.63) is 54.1 Å². The molecule has 0 bridgehead atoms. The number of rotatable bonds is 17. The Morgan fingerprint density at radius 3 is 1.76 bits per heavy atom. The maximum absolute atomic E-state index is 12.4. The van der Waals surface area contributed by atoms with Gasteiger partial charge < -0.3 is 10.6 Å². The summed E-state index contributed by atoms with van der Waals surface area (Å²) in [5, 5.41) is 5.84. The smallest absolute Gasteiger partial charge is 0.265 e. The van der Waals surface area contributed by atoms with Gasteiger partial charge in [0.25, 0.3) is 5.91 Å². The number of ketones is 1. The zero-order valence-corrected chi connectivity index (χ0v) is 25.4. The SMILES string of the molecule is CCCNNC(=O)c1ccc(-c2ccc(NC(=O)CCCCCCCCC(=O)NC(C(C)=O)C(C)(C)C)cc2)cc1. The molecule has 0 fully saturated rings. The van der Waals surface area contributed by atoms with Gasteiger partial charge >= 0.3 is 0 Å². The molecule has 2 aromatic carbocycles. The maximum atomic E-state index is 12.4. The number of benzene rings is 2. The lowest BCUT2D eigenvalue weighted by Crippen LogP contribution is -2.48. The molecule has 2 aromatic rings. The zero-order chi connectivity index (χ0) is 30.3. The van der Waals surface area contributed by atoms with Gasteiger partial charge in [0.15, 0.2) is 5.78 Å². The molecule has 0 spiro atoms. The van der Waals surface area contributed by atoms with E-state index in [1.807, 2.05) is 64.1 Å². The molecule has 1 unspecified atom stereocenters. The number of hydrazine groups is 1. The summed E-state index contributed by atoms with van der Waals surface area (Å²) in [5.74, 6) is -0.246. The van der Waals surface area contributed by atoms with Crippen LogP contribution in [0.4, 0.5) is 5.69 Å². The third-order valence-electron chi connectivity index (χ3n) is 6.86. The number of hydrogen-bond acceptors (Lipinski definition) is 5. The van der Waals surface area contributed by atoms with Gasteiger partial charge in [-0.1, -0.05) is 77.6 Å². The van der Waals surface area contributed by atoms with Crippen molar-refractivity contribution in [1.82, 2.24) is 16.2 Å². The minimum atomic E-state index is -0.453. The monoisotopic (exact) mass is 564 g/mol. The van der Waals surface area contributed by atoms with E-state index >= 15 is 0 Å². The second-order valence-electron chi connectivity index (χ2n) is 11.7. The van der Waals surface area contributed by atoms with Crippen LogP contribution in [0.15, 0.2) is 48.5 Å². The van der Waals surface area contributed by atoms with Crippen LogP contribution in [0.3, 0.4) is 0 Å². The first-order valence-corrected chi connectivity index (χ1v) is 14.8. The predicted octanol–water partition coefficient (Wildman–Crippen LogP) is 6.18. The van der Waals surface area contributed by atoms with E-state index in [-0.39, 0.29) is 28.9 Å². The lowest BCUT2D eigenvalue weighted by Gasteiger charge is -2.29. The van der Waals surface area contributed by atoms with E-state index in [1.54, 1.807) is 12.1 Å². The summed E-state index contributed by atoms with van der Waals surface area (Å²) in [4.78, 5) is 48.5. The molecule has 0 aromatic heterocycles. The Kier molecular flexibility index (Phi) is 14.2. The molecule has 0 heterocycles. The number of amides is 3. The number of anilines is 1. The second-order valence-corrected chi connectivity index (χ2v) is 11.7. The first kappa shape index (κ1) is 33.7. The molecule has 2 rings (SSSR count). The third kappa shape index (κ3) is 12.7. The summed E-state index contributed by atoms with van der Waals surface area (Å²) in [6.45, 7) is 10.1. The Labute approximate surface area is 245 Å². The minimum Gasteiger partial charge on any atom is -0.346 e. The van der Waals surface area contributed by atoms with Crippen LogP contribution in [0.2, 0.25) is 0 Å². The largest absolute Gasteiger partial charge is 0.346 e. The van der Waals surface area contributed by atoms with E-state index in [2.05, 4.69) is 21.5 Å². The first-order valence-electron chi connectivity index (χ1n) is 14.8. The van der Waals surface area contributed by atoms with Crippen molar-refractivity contribution in [1.29, 1.82) is 0 Å². The summed E-state index contributed by atoms with van der Waals surface area (Å²) in [6.07, 6.45) is 7.43. The molecule has 224 valence electrons. The maximum Gasteiger partial charge on any atom is 0.265 e. The molecule has 41 heavy (non-hydrogen) atoms. The summed E-state index contributed by atoms with van der Waals surface area (Å²) >= 11 is 0. The fourth-order valence-corrected chi connectivity index (χ4v) is 4.56. The normalized spacial score (nSPS) is 11.9. The second kappa shape index (κ2) is 17.3. The molecule has 0 aliphatic carbocycles. The molecule has 0 aliphatic rings. The van der Waals surface area contributed by atoms with Crippen LogP contribution in [0.25, 0.3) is 11.1 Å². The van der Waals surface area contributed by atoms with E-state index in [9.17, 15) is 19.2 Å². The Morgan fingerprint density at radius 1 is 0.732 bits per heavy atom. The Balaban J connectivity index is 1.62. The van der Waals surface area contributed by atoms with Gasteiger partial charge in [-0.2, -0.15) is 0 Å². The number of carbonyl (C=O) groups is 4. The lowest BCUT2D eigenvalue weighted by molar-refractivity contribution is -0.129. The van der Waals surface area contributed by atoms with Gasteiger partial charge in [0.1, 0.15) is 0 Å². The molecule has 0 aliphatic heterocycles. The fourth-order valence-electron chi connectivity index (χ4n) is 4.56. The molecule has 0 saturated carbocycles. The van der Waals surface area contributed by atoms with Crippen LogP contribution in [0.5, 0.6) is 0 Å². The first-order chi connectivity index (χ1) is 19.5. The summed E-state index contributed by atoms with van der Waals surface area (Å²) < 4.78 is 0. The van der Waals surface area contributed by atoms with E-state index < -0.39 is 6.04 Å². The Bertz CT molecular complexity index is 1120. The average Bonchev–Trinajstić information content (AvgIpc) is 2.93. The summed E-state index contributed by atoms with van der Waals surface area (Å²) in [7, 11) is 0. The van der Waals surface area contributed by atoms with Gasteiger partial charge in [0.2, 0.25) is 11.8 Å². The average molecular weight is 565 g/mol. The van der Waals surface area contributed by atoms with Crippen LogP contribution >= 0.6 is 0 Å². The molecular weight excluding hydrogens is 516 g/mol. The molecule has 3 amide bonds. The van der Waals surface area contributed by atoms with Crippen molar-refractivity contribution in [2.24, 2.45) is 5.41 Å². The molecule has 8 nitrogen and oxygen atoms in total. The van der Waals surface area contributed by atoms with Gasteiger partial charge in [-0.3, -0.25) is 24.6 Å². The van der Waals surface area contributed by atoms with Crippen LogP contribution < -0.4 is 21.5 Å². The Hall–Kier alpha value is -3.52. The summed E-state index contributed by atoms with van der Waals surface area (Å²) in [5.41, 5.74) is 8.61. The van der Waals surface area contributed by atoms with Gasteiger partial charge in [-0.15, -0.1) is 0 Å². The Morgan fingerprint density at radius 2 is 1.24 bits per heavy atom. The van der Waals surface area contributed by atoms with Crippen molar-refractivity contribution in [3.63, 3.8) is 0 Å². The molecule has 0 saturated heterocycles. The molecule has 4 N–H and O–H groups in total. The van der Waals surface area contributed by atoms with Gasteiger partial charge in [-0.05, 0) is 67.0 Å². The molecule has 0 radical (unpaired) electrons. The van der Waals surface area contributed by atoms with E-state index in [4.69, 9.17) is 0 Å². The van der Waals surface area contributed by atoms with Crippen LogP contribution in [0.1, 0.15) is 103 Å². The number of Topliss-reactive ketones (excluding diaryl/α,β-unsaturated/α-hetero) is 1. The topological polar surface area (TPSA) is 116 Å². The van der Waals surface area contributed by atoms with Crippen molar-refractivity contribution >= 4 is 29.2 Å². The highest BCUT2D eigenvalue weighted by Gasteiger charge is 2.29. The molecule has 8 heteroatoms. The summed E-state index contributed by atoms with van der Waals surface area (Å²) in [6, 6.07) is 14.6. The van der Waals surface area contributed by atoms with E-state index in [0.717, 1.165) is 68.3 Å². The van der Waals surface area contributed by atoms with Crippen molar-refractivity contribution < 1.29 is 19.2 Å². The minimum absolute atomic E-state index is 0.000317. The highest BCUT2D eigenvalue weighted by atomic mass is 16.2. The molecule has 1 atom stereocenters. The number of nitrogens with one attached hydrogen (secondary N) is 4. The van der Waals surface area contributed by atoms with Crippen LogP contribution in [-0.2, 0) is 14.4 Å². The van der Waals surface area contributed by atoms with Crippen molar-refractivity contribution in [3.8, 4) is 11.1 Å². The van der Waals surface area contributed by atoms with Crippen molar-refractivity contribution in [2.45, 2.75) is 98.4 Å². The van der Waals surface area contributed by atoms with Crippen molar-refractivity contribution in [2.75, 3.05) is 11.9 Å². The quantitative estimate of drug-likeness (QED) is 0.135. The van der Waals surface area contributed by atoms with Crippen LogP contribution in [-0.4, -0.2) is 36.1 Å². The standard InChI is InChI=1S/C33H48N4O4/c1-6-23-34-37-32(41)27-17-15-25(16-18-27)26-19-21-28(22-20-26)35-29(39)13-11-9-7-8-10-12-14-30(40)36-31(24(2)38)33(3,4)5/h15-22,31,34H,6-14,23H2,1-5H3,(H,35,39)(H,36,40)(H,37,41). The fraction of sp³-hybridized carbons (Fsp3) is 0.515. The predicted molar refractivity (Wildman–Crippen MR) is 165 cm³/mol. The highest BCUT2D eigenvalue weighted by Crippen LogP contribution is 2.23. The number of carbonyl (C=O) groups excluding carboxylic acids is 4. The van der Waals surface area contributed by atoms with E-state index in [1.165, 1.54) is 6.92 Å².